The Morgan fingerprint density at radius 3 is 0.976 bits per heavy atom. The van der Waals surface area contributed by atoms with Crippen LogP contribution in [0.4, 0.5) is 4.39 Å². The minimum Gasteiger partial charge on any atom is -0.308 e. The summed E-state index contributed by atoms with van der Waals surface area (Å²) in [6, 6.07) is 113. The smallest absolute Gasteiger partial charge is 0.167 e. The molecule has 21 aromatic rings. The van der Waals surface area contributed by atoms with Gasteiger partial charge in [-0.25, -0.2) is 64.2 Å². The van der Waals surface area contributed by atoms with Gasteiger partial charge in [0.05, 0.1) is 36.0 Å². The number of hydrogen-bond acceptors (Lipinski definition) is 12. The summed E-state index contributed by atoms with van der Waals surface area (Å²) in [4.78, 5) is 57.8. The van der Waals surface area contributed by atoms with Crippen molar-refractivity contribution >= 4 is 21.8 Å². The molecule has 0 unspecified atom stereocenters. The molecule has 0 aliphatic heterocycles. The van der Waals surface area contributed by atoms with E-state index in [4.69, 9.17) is 58.6 Å². The van der Waals surface area contributed by atoms with E-state index in [1.807, 2.05) is 206 Å². The SMILES string of the molecule is [2H]c1c([2H])c([2H])c(-c2nc(-c3ccccc3)nc(-c3cc(-c4nc(-c5ccccc5)nc(-c5ccccc5)n4)ccc3-n3c4ccccc4c4c(-c5ccccc5)cccc43)n2)c([2H])c1[2H].[2H]c1c([2H])c([2H])c(-c2nc(-c3ccccc3)nc(-c3cc(-c4nc(-c5ccccc5)nc(-c5ccccc5)n4)ccc3F)n2)c([2H])c1[2H].c1ccc(-c2cccc3c2-c2ccccc2C3)cc1. The third kappa shape index (κ3) is 15.7. The zero-order chi connectivity index (χ0) is 90.9. The molecule has 1 aliphatic carbocycles. The minimum absolute atomic E-state index is 0.0244. The summed E-state index contributed by atoms with van der Waals surface area (Å²) in [6.07, 6.45) is 1.06. The van der Waals surface area contributed by atoms with Gasteiger partial charge in [0, 0.05) is 72.0 Å². The predicted molar refractivity (Wildman–Crippen MR) is 492 cm³/mol. The van der Waals surface area contributed by atoms with Crippen LogP contribution in [0.2, 0.25) is 0 Å². The summed E-state index contributed by atoms with van der Waals surface area (Å²) in [5.74, 6) is 2.11. The molecule has 1 aliphatic rings. The molecule has 0 spiro atoms. The number of rotatable bonds is 15. The first-order chi connectivity index (χ1) is 65.0. The zero-order valence-electron chi connectivity index (χ0n) is 75.5. The monoisotopic (exact) mass is 1590 g/mol. The summed E-state index contributed by atoms with van der Waals surface area (Å²) >= 11 is 0. The fourth-order valence-corrected chi connectivity index (χ4v) is 15.3. The largest absolute Gasteiger partial charge is 0.308 e. The van der Waals surface area contributed by atoms with Crippen molar-refractivity contribution in [3.05, 3.63) is 441 Å². The van der Waals surface area contributed by atoms with Gasteiger partial charge in [0.1, 0.15) is 5.82 Å². The Morgan fingerprint density at radius 2 is 0.528 bits per heavy atom. The van der Waals surface area contributed by atoms with Crippen LogP contribution in [0, 0.1) is 5.82 Å². The van der Waals surface area contributed by atoms with E-state index in [2.05, 4.69) is 135 Å². The summed E-state index contributed by atoms with van der Waals surface area (Å²) in [6.45, 7) is 0. The molecular formula is C109H72FN13. The van der Waals surface area contributed by atoms with E-state index in [0.29, 0.717) is 62.6 Å². The molecule has 22 rings (SSSR count). The highest BCUT2D eigenvalue weighted by Crippen LogP contribution is 2.45. The van der Waals surface area contributed by atoms with Crippen molar-refractivity contribution in [1.29, 1.82) is 0 Å². The minimum atomic E-state index is -0.656. The number of hydrogen-bond donors (Lipinski definition) is 0. The molecular weight excluding hydrogens is 1510 g/mol. The van der Waals surface area contributed by atoms with Crippen LogP contribution < -0.4 is 0 Å². The van der Waals surface area contributed by atoms with Gasteiger partial charge in [-0.3, -0.25) is 0 Å². The molecule has 0 amide bonds. The average Bonchev–Trinajstić information content (AvgIpc) is 1.58. The number of halogens is 1. The lowest BCUT2D eigenvalue weighted by Crippen LogP contribution is -2.05. The van der Waals surface area contributed by atoms with Gasteiger partial charge in [-0.05, 0) is 99.5 Å². The van der Waals surface area contributed by atoms with E-state index in [9.17, 15) is 0 Å². The standard InChI is InChI=1S/C54H35N7.C36H23FN6.C19H14/c1-6-19-36(20-7-1)42-30-18-32-47-48(42)43-29-16-17-31-45(43)61(47)46-34-33-41(53-57-49(37-21-8-2-9-22-37)55-50(58-53)38-23-10-3-11-24-38)35-44(46)54-59-51(39-25-12-4-13-26-39)56-52(60-54)40-27-14-5-15-28-40;37-30-22-21-28(35-40-31(24-13-5-1-6-14-24)38-32(41-35)25-15-7-2-8-16-25)23-29(30)36-42-33(26-17-9-3-10-18-26)39-34(43-36)27-19-11-4-12-20-27;1-2-7-14(8-3-1)17-12-6-10-16-13-15-9-4-5-11-18(15)19(16)17/h1-35H;1-23H;1-12H,13H2/i4D,12D,13D,25D,26D;3D,9D,10D,17D,18D;. The van der Waals surface area contributed by atoms with Crippen LogP contribution in [0.5, 0.6) is 0 Å². The van der Waals surface area contributed by atoms with Crippen LogP contribution in [0.15, 0.2) is 424 Å². The van der Waals surface area contributed by atoms with Crippen molar-refractivity contribution in [2.24, 2.45) is 0 Å². The van der Waals surface area contributed by atoms with Gasteiger partial charge in [0.15, 0.2) is 69.9 Å². The summed E-state index contributed by atoms with van der Waals surface area (Å²) in [7, 11) is 0. The van der Waals surface area contributed by atoms with Crippen molar-refractivity contribution in [1.82, 2.24) is 64.4 Å². The normalized spacial score (nSPS) is 12.4. The summed E-state index contributed by atoms with van der Waals surface area (Å²) in [5.41, 5.74) is 18.8. The maximum Gasteiger partial charge on any atom is 0.167 e. The number of nitrogens with zero attached hydrogens (tertiary/aromatic N) is 13. The molecule has 16 aromatic carbocycles. The number of benzene rings is 16. The van der Waals surface area contributed by atoms with Gasteiger partial charge in [-0.15, -0.1) is 0 Å². The number of para-hydroxylation sites is 1. The molecule has 0 fully saturated rings. The Balaban J connectivity index is 0.000000142. The van der Waals surface area contributed by atoms with Crippen LogP contribution in [-0.2, 0) is 6.42 Å². The van der Waals surface area contributed by atoms with Crippen molar-refractivity contribution in [3.8, 4) is 176 Å². The van der Waals surface area contributed by atoms with Gasteiger partial charge in [-0.2, -0.15) is 0 Å². The van der Waals surface area contributed by atoms with Crippen LogP contribution in [-0.4, -0.2) is 64.4 Å². The highest BCUT2D eigenvalue weighted by molar-refractivity contribution is 6.16. The predicted octanol–water partition coefficient (Wildman–Crippen LogP) is 25.9. The molecule has 0 bridgehead atoms. The molecule has 5 heterocycles. The zero-order valence-corrected chi connectivity index (χ0v) is 65.5. The first-order valence-corrected chi connectivity index (χ1v) is 39.8. The van der Waals surface area contributed by atoms with Crippen molar-refractivity contribution in [2.75, 3.05) is 0 Å². The second-order valence-electron chi connectivity index (χ2n) is 28.8. The van der Waals surface area contributed by atoms with E-state index < -0.39 is 66.2 Å². The Labute approximate surface area is 723 Å². The van der Waals surface area contributed by atoms with Gasteiger partial charge in [0.25, 0.3) is 0 Å². The van der Waals surface area contributed by atoms with Crippen molar-refractivity contribution < 1.29 is 18.1 Å². The molecule has 0 saturated carbocycles. The summed E-state index contributed by atoms with van der Waals surface area (Å²) < 4.78 is 103. The lowest BCUT2D eigenvalue weighted by atomic mass is 9.94. The maximum atomic E-state index is 15.8. The molecule has 5 aromatic heterocycles. The second kappa shape index (κ2) is 34.1. The Bertz CT molecular complexity index is 7870. The van der Waals surface area contributed by atoms with Crippen molar-refractivity contribution in [2.45, 2.75) is 6.42 Å². The van der Waals surface area contributed by atoms with Crippen LogP contribution in [0.25, 0.3) is 198 Å². The third-order valence-electron chi connectivity index (χ3n) is 21.1. The van der Waals surface area contributed by atoms with Gasteiger partial charge in [-0.1, -0.05) is 376 Å². The maximum absolute atomic E-state index is 15.8. The Kier molecular flexibility index (Phi) is 17.8. The van der Waals surface area contributed by atoms with E-state index >= 15 is 4.39 Å². The van der Waals surface area contributed by atoms with Gasteiger partial charge >= 0.3 is 0 Å². The highest BCUT2D eigenvalue weighted by atomic mass is 19.1. The van der Waals surface area contributed by atoms with E-state index in [1.165, 1.54) is 45.5 Å². The van der Waals surface area contributed by atoms with Gasteiger partial charge in [0.2, 0.25) is 0 Å². The molecule has 14 heteroatoms. The van der Waals surface area contributed by atoms with Crippen LogP contribution in [0.1, 0.15) is 24.8 Å². The fraction of sp³-hybridized carbons (Fsp3) is 0.00917. The molecule has 0 atom stereocenters. The highest BCUT2D eigenvalue weighted by Gasteiger charge is 2.26. The lowest BCUT2D eigenvalue weighted by Gasteiger charge is -2.16. The quantitative estimate of drug-likeness (QED) is 0.0957. The number of fused-ring (bicyclic) bond motifs is 6. The molecule has 0 N–H and O–H groups in total. The fourth-order valence-electron chi connectivity index (χ4n) is 15.3. The number of aromatic nitrogens is 13. The van der Waals surface area contributed by atoms with E-state index in [0.717, 1.165) is 61.6 Å². The van der Waals surface area contributed by atoms with Crippen LogP contribution >= 0.6 is 0 Å². The Hall–Kier alpha value is -16.7. The second-order valence-corrected chi connectivity index (χ2v) is 28.8. The molecule has 123 heavy (non-hydrogen) atoms. The van der Waals surface area contributed by atoms with Crippen LogP contribution in [0.3, 0.4) is 0 Å². The van der Waals surface area contributed by atoms with Crippen molar-refractivity contribution in [3.63, 3.8) is 0 Å². The molecule has 0 radical (unpaired) electrons. The van der Waals surface area contributed by atoms with E-state index in [-0.39, 0.29) is 57.5 Å². The first-order valence-electron chi connectivity index (χ1n) is 44.8. The molecule has 13 nitrogen and oxygen atoms in total. The lowest BCUT2D eigenvalue weighted by molar-refractivity contribution is 0.630. The average molecular weight is 1590 g/mol. The first kappa shape index (κ1) is 64.4. The van der Waals surface area contributed by atoms with Gasteiger partial charge < -0.3 is 4.57 Å². The topological polar surface area (TPSA) is 160 Å². The van der Waals surface area contributed by atoms with E-state index in [1.54, 1.807) is 30.3 Å². The summed E-state index contributed by atoms with van der Waals surface area (Å²) in [5, 5.41) is 2.10. The Morgan fingerprint density at radius 1 is 0.220 bits per heavy atom. The third-order valence-corrected chi connectivity index (χ3v) is 21.1. The molecule has 0 saturated heterocycles. The molecule has 580 valence electrons.